The Kier molecular flexibility index (Phi) is 2.22. The molecule has 3 rings (SSSR count). The summed E-state index contributed by atoms with van der Waals surface area (Å²) in [5.74, 6) is 0. The molecular weight excluding hydrogens is 230 g/mol. The first kappa shape index (κ1) is 10.6. The third-order valence-corrected chi connectivity index (χ3v) is 2.90. The van der Waals surface area contributed by atoms with Crippen LogP contribution in [0, 0.1) is 13.8 Å². The van der Waals surface area contributed by atoms with Crippen molar-refractivity contribution in [3.63, 3.8) is 0 Å². The van der Waals surface area contributed by atoms with Crippen LogP contribution in [0.2, 0.25) is 0 Å². The van der Waals surface area contributed by atoms with Crippen molar-refractivity contribution in [3.05, 3.63) is 46.0 Å². The van der Waals surface area contributed by atoms with Gasteiger partial charge in [-0.25, -0.2) is 4.98 Å². The molecule has 0 fully saturated rings. The Morgan fingerprint density at radius 2 is 1.94 bits per heavy atom. The van der Waals surface area contributed by atoms with Crippen LogP contribution in [-0.2, 0) is 0 Å². The van der Waals surface area contributed by atoms with Gasteiger partial charge in [-0.1, -0.05) is 23.4 Å². The maximum atomic E-state index is 11.6. The number of aryl methyl sites for hydroxylation is 2. The van der Waals surface area contributed by atoms with E-state index in [9.17, 15) is 4.79 Å². The fourth-order valence-electron chi connectivity index (χ4n) is 2.05. The van der Waals surface area contributed by atoms with Crippen molar-refractivity contribution in [1.82, 2.24) is 25.0 Å². The molecular formula is C12H11N5O. The van der Waals surface area contributed by atoms with Gasteiger partial charge in [0.05, 0.1) is 12.0 Å². The molecule has 2 aromatic heterocycles. The highest BCUT2D eigenvalue weighted by Crippen LogP contribution is 2.19. The zero-order valence-corrected chi connectivity index (χ0v) is 10.0. The normalized spacial score (nSPS) is 11.0. The summed E-state index contributed by atoms with van der Waals surface area (Å²) >= 11 is 0. The van der Waals surface area contributed by atoms with Gasteiger partial charge < -0.3 is 4.98 Å². The first-order chi connectivity index (χ1) is 8.68. The SMILES string of the molecule is Cc1cccc(C)c1-n1nnc2c(=O)[nH]cnc21. The van der Waals surface area contributed by atoms with Gasteiger partial charge in [0.1, 0.15) is 0 Å². The second-order valence-electron chi connectivity index (χ2n) is 4.15. The van der Waals surface area contributed by atoms with Crippen molar-refractivity contribution in [2.75, 3.05) is 0 Å². The van der Waals surface area contributed by atoms with Crippen molar-refractivity contribution >= 4 is 11.2 Å². The maximum absolute atomic E-state index is 11.6. The Morgan fingerprint density at radius 3 is 2.67 bits per heavy atom. The topological polar surface area (TPSA) is 76.5 Å². The first-order valence-electron chi connectivity index (χ1n) is 5.54. The summed E-state index contributed by atoms with van der Waals surface area (Å²) in [6.45, 7) is 3.98. The standard InChI is InChI=1S/C12H11N5O/c1-7-4-3-5-8(2)10(7)17-11-9(15-16-17)12(18)14-6-13-11/h3-6H,1-2H3,(H,13,14,18). The van der Waals surface area contributed by atoms with E-state index in [0.29, 0.717) is 5.65 Å². The molecule has 1 aromatic carbocycles. The van der Waals surface area contributed by atoms with E-state index in [-0.39, 0.29) is 11.1 Å². The van der Waals surface area contributed by atoms with Gasteiger partial charge in [-0.15, -0.1) is 5.10 Å². The third kappa shape index (κ3) is 1.42. The average molecular weight is 241 g/mol. The number of fused-ring (bicyclic) bond motifs is 1. The minimum Gasteiger partial charge on any atom is -0.311 e. The zero-order valence-electron chi connectivity index (χ0n) is 10.0. The quantitative estimate of drug-likeness (QED) is 0.692. The van der Waals surface area contributed by atoms with Crippen LogP contribution in [0.3, 0.4) is 0 Å². The number of para-hydroxylation sites is 1. The Hall–Kier alpha value is -2.50. The van der Waals surface area contributed by atoms with Gasteiger partial charge in [0.25, 0.3) is 5.56 Å². The minimum absolute atomic E-state index is 0.250. The Morgan fingerprint density at radius 1 is 1.22 bits per heavy atom. The molecule has 0 radical (unpaired) electrons. The summed E-state index contributed by atoms with van der Waals surface area (Å²) in [6, 6.07) is 5.96. The molecule has 3 aromatic rings. The molecule has 0 unspecified atom stereocenters. The summed E-state index contributed by atoms with van der Waals surface area (Å²) in [6.07, 6.45) is 1.36. The Balaban J connectivity index is 2.40. The summed E-state index contributed by atoms with van der Waals surface area (Å²) in [5, 5.41) is 7.92. The van der Waals surface area contributed by atoms with Crippen molar-refractivity contribution in [2.24, 2.45) is 0 Å². The van der Waals surface area contributed by atoms with Gasteiger partial charge >= 0.3 is 0 Å². The average Bonchev–Trinajstić information content (AvgIpc) is 2.75. The first-order valence-corrected chi connectivity index (χ1v) is 5.54. The van der Waals surface area contributed by atoms with E-state index in [2.05, 4.69) is 20.3 Å². The number of aromatic nitrogens is 5. The molecule has 0 aliphatic carbocycles. The predicted molar refractivity (Wildman–Crippen MR) is 66.8 cm³/mol. The lowest BCUT2D eigenvalue weighted by Crippen LogP contribution is -2.08. The third-order valence-electron chi connectivity index (χ3n) is 2.90. The van der Waals surface area contributed by atoms with Crippen LogP contribution in [0.5, 0.6) is 0 Å². The van der Waals surface area contributed by atoms with Crippen LogP contribution in [0.15, 0.2) is 29.3 Å². The van der Waals surface area contributed by atoms with Crippen molar-refractivity contribution < 1.29 is 0 Å². The van der Waals surface area contributed by atoms with Crippen molar-refractivity contribution in [1.29, 1.82) is 0 Å². The van der Waals surface area contributed by atoms with Gasteiger partial charge in [0.15, 0.2) is 11.2 Å². The van der Waals surface area contributed by atoms with Crippen LogP contribution >= 0.6 is 0 Å². The van der Waals surface area contributed by atoms with Crippen molar-refractivity contribution in [3.8, 4) is 5.69 Å². The largest absolute Gasteiger partial charge is 0.311 e. The minimum atomic E-state index is -0.280. The molecule has 0 bridgehead atoms. The van der Waals surface area contributed by atoms with Crippen LogP contribution in [0.4, 0.5) is 0 Å². The molecule has 6 nitrogen and oxygen atoms in total. The van der Waals surface area contributed by atoms with Crippen LogP contribution < -0.4 is 5.56 Å². The maximum Gasteiger partial charge on any atom is 0.280 e. The monoisotopic (exact) mass is 241 g/mol. The van der Waals surface area contributed by atoms with Crippen LogP contribution in [0.25, 0.3) is 16.9 Å². The zero-order chi connectivity index (χ0) is 12.7. The molecule has 0 atom stereocenters. The Labute approximate surface area is 102 Å². The van der Waals surface area contributed by atoms with Crippen LogP contribution in [-0.4, -0.2) is 25.0 Å². The summed E-state index contributed by atoms with van der Waals surface area (Å²) in [7, 11) is 0. The van der Waals surface area contributed by atoms with E-state index in [1.807, 2.05) is 32.0 Å². The smallest absolute Gasteiger partial charge is 0.280 e. The molecule has 0 aliphatic heterocycles. The molecule has 0 spiro atoms. The number of benzene rings is 1. The lowest BCUT2D eigenvalue weighted by molar-refractivity contribution is 0.807. The highest BCUT2D eigenvalue weighted by molar-refractivity contribution is 5.71. The molecule has 0 saturated carbocycles. The summed E-state index contributed by atoms with van der Waals surface area (Å²) in [5.41, 5.74) is 3.47. The molecule has 90 valence electrons. The molecule has 1 N–H and O–H groups in total. The summed E-state index contributed by atoms with van der Waals surface area (Å²) in [4.78, 5) is 18.2. The number of aromatic amines is 1. The van der Waals surface area contributed by atoms with E-state index < -0.39 is 0 Å². The number of rotatable bonds is 1. The van der Waals surface area contributed by atoms with E-state index in [1.54, 1.807) is 4.68 Å². The molecule has 0 amide bonds. The Bertz CT molecular complexity index is 766. The second-order valence-corrected chi connectivity index (χ2v) is 4.15. The highest BCUT2D eigenvalue weighted by Gasteiger charge is 2.13. The van der Waals surface area contributed by atoms with E-state index in [4.69, 9.17) is 0 Å². The van der Waals surface area contributed by atoms with E-state index in [1.165, 1.54) is 6.33 Å². The fraction of sp³-hybridized carbons (Fsp3) is 0.167. The lowest BCUT2D eigenvalue weighted by Gasteiger charge is -2.08. The predicted octanol–water partition coefficient (Wildman–Crippen LogP) is 1.12. The van der Waals surface area contributed by atoms with Crippen molar-refractivity contribution in [2.45, 2.75) is 13.8 Å². The molecule has 18 heavy (non-hydrogen) atoms. The van der Waals surface area contributed by atoms with Crippen LogP contribution in [0.1, 0.15) is 11.1 Å². The second kappa shape index (κ2) is 3.76. The van der Waals surface area contributed by atoms with E-state index >= 15 is 0 Å². The van der Waals surface area contributed by atoms with Gasteiger partial charge in [-0.05, 0) is 25.0 Å². The fourth-order valence-corrected chi connectivity index (χ4v) is 2.05. The molecule has 6 heteroatoms. The molecule has 2 heterocycles. The number of nitrogens with zero attached hydrogens (tertiary/aromatic N) is 4. The van der Waals surface area contributed by atoms with Gasteiger partial charge in [-0.2, -0.15) is 4.68 Å². The lowest BCUT2D eigenvalue weighted by atomic mass is 10.1. The van der Waals surface area contributed by atoms with Gasteiger partial charge in [0, 0.05) is 0 Å². The van der Waals surface area contributed by atoms with Gasteiger partial charge in [0.2, 0.25) is 0 Å². The number of hydrogen-bond acceptors (Lipinski definition) is 4. The summed E-state index contributed by atoms with van der Waals surface area (Å²) < 4.78 is 1.61. The number of nitrogens with one attached hydrogen (secondary N) is 1. The van der Waals surface area contributed by atoms with Gasteiger partial charge in [-0.3, -0.25) is 4.79 Å². The molecule has 0 aliphatic rings. The highest BCUT2D eigenvalue weighted by atomic mass is 16.1. The molecule has 0 saturated heterocycles. The van der Waals surface area contributed by atoms with E-state index in [0.717, 1.165) is 16.8 Å². The number of hydrogen-bond donors (Lipinski definition) is 1. The number of H-pyrrole nitrogens is 1.